The van der Waals surface area contributed by atoms with Crippen LogP contribution in [0.1, 0.15) is 52.7 Å². The molecule has 8 heteroatoms. The maximum atomic E-state index is 12.9. The zero-order valence-electron chi connectivity index (χ0n) is 19.8. The van der Waals surface area contributed by atoms with Crippen LogP contribution in [0.25, 0.3) is 21.5 Å². The van der Waals surface area contributed by atoms with Crippen LogP contribution in [0.4, 0.5) is 0 Å². The first-order valence-corrected chi connectivity index (χ1v) is 12.0. The van der Waals surface area contributed by atoms with Gasteiger partial charge in [0.1, 0.15) is 0 Å². The summed E-state index contributed by atoms with van der Waals surface area (Å²) in [6, 6.07) is 11.2. The number of benzene rings is 2. The average molecular weight is 478 g/mol. The second kappa shape index (κ2) is 10.2. The molecule has 2 aromatic carbocycles. The van der Waals surface area contributed by atoms with E-state index >= 15 is 0 Å². The number of ether oxygens (including phenoxy) is 2. The normalized spacial score (nSPS) is 11.1. The van der Waals surface area contributed by atoms with Crippen molar-refractivity contribution in [2.24, 2.45) is 0 Å². The Bertz CT molecular complexity index is 1360. The fourth-order valence-corrected chi connectivity index (χ4v) is 4.92. The van der Waals surface area contributed by atoms with Crippen LogP contribution in [0.15, 0.2) is 41.8 Å². The third-order valence-electron chi connectivity index (χ3n) is 5.68. The summed E-state index contributed by atoms with van der Waals surface area (Å²) in [5, 5.41) is 7.68. The predicted molar refractivity (Wildman–Crippen MR) is 133 cm³/mol. The van der Waals surface area contributed by atoms with Gasteiger partial charge < -0.3 is 9.47 Å². The molecule has 4 rings (SSSR count). The summed E-state index contributed by atoms with van der Waals surface area (Å²) >= 11 is 1.67. The van der Waals surface area contributed by atoms with Crippen molar-refractivity contribution >= 4 is 33.0 Å². The Morgan fingerprint density at radius 1 is 1.03 bits per heavy atom. The van der Waals surface area contributed by atoms with E-state index < -0.39 is 0 Å². The molecule has 2 heterocycles. The SMILES string of the molecule is CCCn1nc(C(=O)CCC(=O)c2ccc(OC)c(OC)c2)nc1-c1csc2c(C)cccc12. The second-order valence-electron chi connectivity index (χ2n) is 8.00. The number of methoxy groups -OCH3 is 2. The second-order valence-corrected chi connectivity index (χ2v) is 8.88. The quantitative estimate of drug-likeness (QED) is 0.271. The number of nitrogens with zero attached hydrogens (tertiary/aromatic N) is 3. The molecule has 0 fully saturated rings. The Morgan fingerprint density at radius 3 is 2.53 bits per heavy atom. The van der Waals surface area contributed by atoms with E-state index in [-0.39, 0.29) is 30.2 Å². The fraction of sp³-hybridized carbons (Fsp3) is 0.308. The summed E-state index contributed by atoms with van der Waals surface area (Å²) < 4.78 is 13.5. The summed E-state index contributed by atoms with van der Waals surface area (Å²) in [5.74, 6) is 1.46. The van der Waals surface area contributed by atoms with Gasteiger partial charge in [-0.2, -0.15) is 0 Å². The fourth-order valence-electron chi connectivity index (χ4n) is 3.90. The van der Waals surface area contributed by atoms with Gasteiger partial charge in [-0.1, -0.05) is 25.1 Å². The van der Waals surface area contributed by atoms with Crippen molar-refractivity contribution in [3.63, 3.8) is 0 Å². The lowest BCUT2D eigenvalue weighted by atomic mass is 10.0. The van der Waals surface area contributed by atoms with Gasteiger partial charge in [0, 0.05) is 46.0 Å². The third-order valence-corrected chi connectivity index (χ3v) is 6.81. The highest BCUT2D eigenvalue weighted by molar-refractivity contribution is 7.18. The minimum absolute atomic E-state index is 0.0340. The molecule has 0 aliphatic heterocycles. The number of thiophene rings is 1. The van der Waals surface area contributed by atoms with Gasteiger partial charge in [-0.05, 0) is 37.1 Å². The zero-order valence-corrected chi connectivity index (χ0v) is 20.6. The largest absolute Gasteiger partial charge is 0.493 e. The summed E-state index contributed by atoms with van der Waals surface area (Å²) in [6.45, 7) is 4.80. The highest BCUT2D eigenvalue weighted by atomic mass is 32.1. The Morgan fingerprint density at radius 2 is 1.79 bits per heavy atom. The van der Waals surface area contributed by atoms with Gasteiger partial charge in [0.25, 0.3) is 0 Å². The Labute approximate surface area is 202 Å². The van der Waals surface area contributed by atoms with Gasteiger partial charge >= 0.3 is 0 Å². The number of hydrogen-bond acceptors (Lipinski definition) is 7. The molecular formula is C26H27N3O4S. The van der Waals surface area contributed by atoms with Crippen LogP contribution in [0.3, 0.4) is 0 Å². The zero-order chi connectivity index (χ0) is 24.2. The number of hydrogen-bond donors (Lipinski definition) is 0. The summed E-state index contributed by atoms with van der Waals surface area (Å²) in [4.78, 5) is 30.2. The topological polar surface area (TPSA) is 83.3 Å². The number of rotatable bonds is 10. The van der Waals surface area contributed by atoms with E-state index in [1.165, 1.54) is 24.5 Å². The van der Waals surface area contributed by atoms with Gasteiger partial charge in [-0.25, -0.2) is 9.67 Å². The molecule has 0 atom stereocenters. The number of aromatic nitrogens is 3. The van der Waals surface area contributed by atoms with Gasteiger partial charge in [0.05, 0.1) is 14.2 Å². The molecule has 0 saturated carbocycles. The molecule has 0 aliphatic rings. The van der Waals surface area contributed by atoms with Crippen LogP contribution < -0.4 is 9.47 Å². The van der Waals surface area contributed by atoms with Crippen LogP contribution in [0, 0.1) is 6.92 Å². The van der Waals surface area contributed by atoms with Crippen LogP contribution in [0.2, 0.25) is 0 Å². The minimum Gasteiger partial charge on any atom is -0.493 e. The van der Waals surface area contributed by atoms with Gasteiger partial charge in [0.15, 0.2) is 23.1 Å². The molecule has 176 valence electrons. The van der Waals surface area contributed by atoms with Gasteiger partial charge in [0.2, 0.25) is 11.6 Å². The van der Waals surface area contributed by atoms with Crippen LogP contribution in [-0.2, 0) is 6.54 Å². The average Bonchev–Trinajstić information content (AvgIpc) is 3.47. The molecule has 4 aromatic rings. The van der Waals surface area contributed by atoms with Gasteiger partial charge in [-0.3, -0.25) is 9.59 Å². The van der Waals surface area contributed by atoms with E-state index in [0.29, 0.717) is 29.4 Å². The first-order chi connectivity index (χ1) is 16.5. The van der Waals surface area contributed by atoms with Crippen molar-refractivity contribution < 1.29 is 19.1 Å². The summed E-state index contributed by atoms with van der Waals surface area (Å²) in [6.07, 6.45) is 0.960. The first-order valence-electron chi connectivity index (χ1n) is 11.2. The summed E-state index contributed by atoms with van der Waals surface area (Å²) in [7, 11) is 3.06. The third kappa shape index (κ3) is 4.59. The molecule has 0 bridgehead atoms. The van der Waals surface area contributed by atoms with E-state index in [1.807, 2.05) is 6.07 Å². The van der Waals surface area contributed by atoms with Gasteiger partial charge in [-0.15, -0.1) is 16.4 Å². The van der Waals surface area contributed by atoms with E-state index in [0.717, 1.165) is 17.4 Å². The molecule has 0 saturated heterocycles. The Hall–Kier alpha value is -3.52. The number of carbonyl (C=O) groups is 2. The van der Waals surface area contributed by atoms with E-state index in [1.54, 1.807) is 34.2 Å². The number of ketones is 2. The summed E-state index contributed by atoms with van der Waals surface area (Å²) in [5.41, 5.74) is 2.65. The van der Waals surface area contributed by atoms with E-state index in [4.69, 9.17) is 9.47 Å². The van der Waals surface area contributed by atoms with Crippen LogP contribution in [0.5, 0.6) is 11.5 Å². The van der Waals surface area contributed by atoms with Crippen molar-refractivity contribution in [2.45, 2.75) is 39.7 Å². The first kappa shape index (κ1) is 23.6. The Kier molecular flexibility index (Phi) is 7.07. The smallest absolute Gasteiger partial charge is 0.217 e. The van der Waals surface area contributed by atoms with Crippen molar-refractivity contribution in [1.29, 1.82) is 0 Å². The highest BCUT2D eigenvalue weighted by Gasteiger charge is 2.21. The maximum absolute atomic E-state index is 12.9. The van der Waals surface area contributed by atoms with E-state index in [9.17, 15) is 9.59 Å². The monoisotopic (exact) mass is 477 g/mol. The Balaban J connectivity index is 1.55. The number of carbonyl (C=O) groups excluding carboxylic acids is 2. The minimum atomic E-state index is -0.249. The molecule has 0 aliphatic carbocycles. The van der Waals surface area contributed by atoms with Crippen LogP contribution in [-0.4, -0.2) is 40.6 Å². The number of Topliss-reactive ketones (excluding diaryl/α,β-unsaturated/α-hetero) is 2. The molecule has 0 radical (unpaired) electrons. The van der Waals surface area contributed by atoms with Crippen molar-refractivity contribution in [2.75, 3.05) is 14.2 Å². The van der Waals surface area contributed by atoms with Crippen molar-refractivity contribution in [3.05, 3.63) is 58.7 Å². The highest BCUT2D eigenvalue weighted by Crippen LogP contribution is 2.35. The molecule has 34 heavy (non-hydrogen) atoms. The number of fused-ring (bicyclic) bond motifs is 1. The molecule has 0 N–H and O–H groups in total. The van der Waals surface area contributed by atoms with E-state index in [2.05, 4.69) is 41.4 Å². The molecule has 7 nitrogen and oxygen atoms in total. The number of aryl methyl sites for hydroxylation is 2. The van der Waals surface area contributed by atoms with Crippen molar-refractivity contribution in [3.8, 4) is 22.9 Å². The lowest BCUT2D eigenvalue weighted by molar-refractivity contribution is 0.0912. The standard InChI is InChI=1S/C26H27N3O4S/c1-5-13-29-26(19-15-34-24-16(2)7-6-8-18(19)24)27-25(28-29)21(31)11-10-20(30)17-9-12-22(32-3)23(14-17)33-4/h6-9,12,14-15H,5,10-11,13H2,1-4H3. The molecule has 0 spiro atoms. The molecule has 0 unspecified atom stereocenters. The van der Waals surface area contributed by atoms with Crippen molar-refractivity contribution in [1.82, 2.24) is 14.8 Å². The van der Waals surface area contributed by atoms with Crippen LogP contribution >= 0.6 is 11.3 Å². The predicted octanol–water partition coefficient (Wildman–Crippen LogP) is 5.74. The lowest BCUT2D eigenvalue weighted by Gasteiger charge is -2.08. The molecular weight excluding hydrogens is 450 g/mol. The maximum Gasteiger partial charge on any atom is 0.217 e. The molecule has 2 aromatic heterocycles. The lowest BCUT2D eigenvalue weighted by Crippen LogP contribution is -2.08. The molecule has 0 amide bonds.